The zero-order valence-corrected chi connectivity index (χ0v) is 15.5. The largest absolute Gasteiger partial charge is 0.507 e. The first-order valence-electron chi connectivity index (χ1n) is 8.90. The van der Waals surface area contributed by atoms with Gasteiger partial charge in [-0.3, -0.25) is 19.7 Å². The molecule has 0 radical (unpaired) electrons. The zero-order chi connectivity index (χ0) is 20.4. The van der Waals surface area contributed by atoms with E-state index in [1.54, 1.807) is 36.4 Å². The number of aliphatic hydroxyl groups excluding tert-OH is 1. The van der Waals surface area contributed by atoms with Crippen molar-refractivity contribution in [3.8, 4) is 0 Å². The summed E-state index contributed by atoms with van der Waals surface area (Å²) in [7, 11) is 0. The van der Waals surface area contributed by atoms with Crippen molar-refractivity contribution in [2.75, 3.05) is 6.54 Å². The van der Waals surface area contributed by atoms with E-state index in [0.29, 0.717) is 5.56 Å². The number of hydrogen-bond donors (Lipinski definition) is 1. The molecule has 28 heavy (non-hydrogen) atoms. The van der Waals surface area contributed by atoms with Crippen LogP contribution in [0.3, 0.4) is 0 Å². The van der Waals surface area contributed by atoms with Crippen molar-refractivity contribution in [2.24, 2.45) is 5.92 Å². The summed E-state index contributed by atoms with van der Waals surface area (Å²) in [5.74, 6) is -1.92. The fraction of sp³-hybridized carbons (Fsp3) is 0.238. The van der Waals surface area contributed by atoms with Gasteiger partial charge in [0.05, 0.1) is 22.1 Å². The van der Waals surface area contributed by atoms with Crippen molar-refractivity contribution in [1.82, 2.24) is 4.90 Å². The minimum atomic E-state index is -1.02. The SMILES string of the molecule is CC(C)CN1C(=O)C(=O)/C(=C(/O)c2ccccc2)C1c1ccccc1[N+](=O)[O-]. The molecule has 144 valence electrons. The Balaban J connectivity index is 2.27. The van der Waals surface area contributed by atoms with E-state index < -0.39 is 22.7 Å². The molecule has 1 aliphatic rings. The molecule has 2 aromatic carbocycles. The van der Waals surface area contributed by atoms with Crippen molar-refractivity contribution in [3.05, 3.63) is 81.4 Å². The van der Waals surface area contributed by atoms with Gasteiger partial charge in [0, 0.05) is 18.2 Å². The molecule has 0 spiro atoms. The van der Waals surface area contributed by atoms with Crippen LogP contribution >= 0.6 is 0 Å². The van der Waals surface area contributed by atoms with E-state index in [0.717, 1.165) is 0 Å². The van der Waals surface area contributed by atoms with Crippen LogP contribution in [0.15, 0.2) is 60.2 Å². The van der Waals surface area contributed by atoms with E-state index in [2.05, 4.69) is 0 Å². The Bertz CT molecular complexity index is 966. The van der Waals surface area contributed by atoms with Crippen LogP contribution in [0, 0.1) is 16.0 Å². The summed E-state index contributed by atoms with van der Waals surface area (Å²) in [5, 5.41) is 22.4. The molecule has 0 bridgehead atoms. The van der Waals surface area contributed by atoms with Gasteiger partial charge in [0.2, 0.25) is 0 Å². The maximum absolute atomic E-state index is 12.8. The van der Waals surface area contributed by atoms with Gasteiger partial charge in [-0.1, -0.05) is 56.3 Å². The number of ketones is 1. The predicted octanol–water partition coefficient (Wildman–Crippen LogP) is 3.67. The molecule has 0 saturated carbocycles. The molecule has 2 aromatic rings. The summed E-state index contributed by atoms with van der Waals surface area (Å²) in [6.07, 6.45) is 0. The lowest BCUT2D eigenvalue weighted by Crippen LogP contribution is -2.33. The summed E-state index contributed by atoms with van der Waals surface area (Å²) in [4.78, 5) is 37.8. The Hall–Kier alpha value is -3.48. The summed E-state index contributed by atoms with van der Waals surface area (Å²) in [6.45, 7) is 3.99. The predicted molar refractivity (Wildman–Crippen MR) is 103 cm³/mol. The summed E-state index contributed by atoms with van der Waals surface area (Å²) in [5.41, 5.74) is 0.228. The molecule has 0 aromatic heterocycles. The first-order chi connectivity index (χ1) is 13.3. The first kappa shape index (κ1) is 19.3. The highest BCUT2D eigenvalue weighted by Crippen LogP contribution is 2.42. The second-order valence-electron chi connectivity index (χ2n) is 7.03. The third-order valence-electron chi connectivity index (χ3n) is 4.58. The highest BCUT2D eigenvalue weighted by atomic mass is 16.6. The second kappa shape index (κ2) is 7.64. The quantitative estimate of drug-likeness (QED) is 0.280. The van der Waals surface area contributed by atoms with Crippen molar-refractivity contribution in [3.63, 3.8) is 0 Å². The van der Waals surface area contributed by atoms with Crippen LogP contribution in [0.25, 0.3) is 5.76 Å². The number of amides is 1. The average molecular weight is 380 g/mol. The molecule has 1 saturated heterocycles. The van der Waals surface area contributed by atoms with Gasteiger partial charge in [0.25, 0.3) is 17.4 Å². The molecular formula is C21H20N2O5. The lowest BCUT2D eigenvalue weighted by Gasteiger charge is -2.26. The molecule has 1 aliphatic heterocycles. The Labute approximate surface area is 162 Å². The Morgan fingerprint density at radius 2 is 1.71 bits per heavy atom. The molecule has 3 rings (SSSR count). The topological polar surface area (TPSA) is 101 Å². The monoisotopic (exact) mass is 380 g/mol. The maximum atomic E-state index is 12.8. The van der Waals surface area contributed by atoms with E-state index in [4.69, 9.17) is 0 Å². The van der Waals surface area contributed by atoms with Crippen LogP contribution in [0.5, 0.6) is 0 Å². The number of nitro benzene ring substituents is 1. The molecule has 1 unspecified atom stereocenters. The highest BCUT2D eigenvalue weighted by Gasteiger charge is 2.48. The first-order valence-corrected chi connectivity index (χ1v) is 8.90. The third kappa shape index (κ3) is 3.38. The number of likely N-dealkylation sites (tertiary alicyclic amines) is 1. The van der Waals surface area contributed by atoms with Gasteiger partial charge in [0.1, 0.15) is 5.76 Å². The van der Waals surface area contributed by atoms with Crippen LogP contribution < -0.4 is 0 Å². The molecule has 1 N–H and O–H groups in total. The molecule has 1 fully saturated rings. The Kier molecular flexibility index (Phi) is 5.26. The van der Waals surface area contributed by atoms with E-state index >= 15 is 0 Å². The van der Waals surface area contributed by atoms with Crippen LogP contribution in [0.1, 0.15) is 31.0 Å². The second-order valence-corrected chi connectivity index (χ2v) is 7.03. The van der Waals surface area contributed by atoms with Gasteiger partial charge in [0.15, 0.2) is 0 Å². The fourth-order valence-electron chi connectivity index (χ4n) is 3.42. The van der Waals surface area contributed by atoms with Gasteiger partial charge in [-0.15, -0.1) is 0 Å². The van der Waals surface area contributed by atoms with E-state index in [9.17, 15) is 24.8 Å². The normalized spacial score (nSPS) is 18.7. The van der Waals surface area contributed by atoms with E-state index in [-0.39, 0.29) is 35.0 Å². The van der Waals surface area contributed by atoms with Crippen molar-refractivity contribution >= 4 is 23.1 Å². The number of benzene rings is 2. The number of nitrogens with zero attached hydrogens (tertiary/aromatic N) is 2. The van der Waals surface area contributed by atoms with Crippen LogP contribution in [0.4, 0.5) is 5.69 Å². The molecule has 1 atom stereocenters. The smallest absolute Gasteiger partial charge is 0.295 e. The van der Waals surface area contributed by atoms with Gasteiger partial charge in [-0.05, 0) is 12.0 Å². The number of carbonyl (C=O) groups excluding carboxylic acids is 2. The fourth-order valence-corrected chi connectivity index (χ4v) is 3.42. The summed E-state index contributed by atoms with van der Waals surface area (Å²) in [6, 6.07) is 13.3. The minimum Gasteiger partial charge on any atom is -0.507 e. The van der Waals surface area contributed by atoms with Crippen LogP contribution in [0.2, 0.25) is 0 Å². The van der Waals surface area contributed by atoms with E-state index in [1.807, 2.05) is 13.8 Å². The lowest BCUT2D eigenvalue weighted by atomic mass is 9.94. The van der Waals surface area contributed by atoms with Gasteiger partial charge in [-0.25, -0.2) is 0 Å². The van der Waals surface area contributed by atoms with Gasteiger partial charge < -0.3 is 10.0 Å². The number of aliphatic hydroxyl groups is 1. The Morgan fingerprint density at radius 1 is 1.11 bits per heavy atom. The Morgan fingerprint density at radius 3 is 2.32 bits per heavy atom. The lowest BCUT2D eigenvalue weighted by molar-refractivity contribution is -0.385. The molecular weight excluding hydrogens is 360 g/mol. The number of nitro groups is 1. The number of Topliss-reactive ketones (excluding diaryl/α,β-unsaturated/α-hetero) is 1. The summed E-state index contributed by atoms with van der Waals surface area (Å²) >= 11 is 0. The summed E-state index contributed by atoms with van der Waals surface area (Å²) < 4.78 is 0. The molecule has 0 aliphatic carbocycles. The molecule has 1 heterocycles. The zero-order valence-electron chi connectivity index (χ0n) is 15.5. The van der Waals surface area contributed by atoms with Crippen LogP contribution in [-0.2, 0) is 9.59 Å². The average Bonchev–Trinajstić information content (AvgIpc) is 2.92. The number of hydrogen-bond acceptors (Lipinski definition) is 5. The standard InChI is InChI=1S/C21H20N2O5/c1-13(2)12-22-18(15-10-6-7-11-16(15)23(27)28)17(20(25)21(22)26)19(24)14-8-4-3-5-9-14/h3-11,13,18,24H,12H2,1-2H3/b19-17+. The van der Waals surface area contributed by atoms with E-state index in [1.165, 1.54) is 23.1 Å². The number of para-hydroxylation sites is 1. The molecule has 7 nitrogen and oxygen atoms in total. The van der Waals surface area contributed by atoms with Gasteiger partial charge >= 0.3 is 0 Å². The highest BCUT2D eigenvalue weighted by molar-refractivity contribution is 6.46. The maximum Gasteiger partial charge on any atom is 0.295 e. The number of rotatable bonds is 5. The third-order valence-corrected chi connectivity index (χ3v) is 4.58. The minimum absolute atomic E-state index is 0.0280. The van der Waals surface area contributed by atoms with Crippen molar-refractivity contribution in [1.29, 1.82) is 0 Å². The molecule has 7 heteroatoms. The molecule has 1 amide bonds. The van der Waals surface area contributed by atoms with Crippen molar-refractivity contribution in [2.45, 2.75) is 19.9 Å². The van der Waals surface area contributed by atoms with Gasteiger partial charge in [-0.2, -0.15) is 0 Å². The van der Waals surface area contributed by atoms with Crippen LogP contribution in [-0.4, -0.2) is 33.2 Å². The van der Waals surface area contributed by atoms with Crippen molar-refractivity contribution < 1.29 is 19.6 Å². The number of carbonyl (C=O) groups is 2.